The molecule has 0 aliphatic heterocycles. The molecule has 6 heteroatoms. The number of aromatic nitrogens is 4. The number of nitrogens with zero attached hydrogens (tertiary/aromatic N) is 5. The van der Waals surface area contributed by atoms with Gasteiger partial charge >= 0.3 is 0 Å². The SMILES string of the molecule is Brc1ccc(N(c2ccncn2)c2ccncn2)cc1. The van der Waals surface area contributed by atoms with Crippen LogP contribution < -0.4 is 4.90 Å². The minimum Gasteiger partial charge on any atom is -0.279 e. The summed E-state index contributed by atoms with van der Waals surface area (Å²) >= 11 is 3.44. The Morgan fingerprint density at radius 2 is 1.30 bits per heavy atom. The second kappa shape index (κ2) is 5.75. The first-order valence-corrected chi connectivity index (χ1v) is 6.71. The van der Waals surface area contributed by atoms with E-state index in [2.05, 4.69) is 35.9 Å². The van der Waals surface area contributed by atoms with Crippen LogP contribution in [0.2, 0.25) is 0 Å². The van der Waals surface area contributed by atoms with E-state index in [0.29, 0.717) is 0 Å². The molecule has 0 radical (unpaired) electrons. The second-order valence-electron chi connectivity index (χ2n) is 3.95. The summed E-state index contributed by atoms with van der Waals surface area (Å²) in [7, 11) is 0. The zero-order chi connectivity index (χ0) is 13.8. The number of halogens is 1. The highest BCUT2D eigenvalue weighted by atomic mass is 79.9. The van der Waals surface area contributed by atoms with Crippen molar-refractivity contribution >= 4 is 33.3 Å². The number of hydrogen-bond acceptors (Lipinski definition) is 5. The van der Waals surface area contributed by atoms with Gasteiger partial charge in [-0.2, -0.15) is 0 Å². The van der Waals surface area contributed by atoms with Gasteiger partial charge < -0.3 is 0 Å². The molecule has 0 atom stereocenters. The normalized spacial score (nSPS) is 10.2. The molecular weight excluding hydrogens is 318 g/mol. The Kier molecular flexibility index (Phi) is 3.64. The van der Waals surface area contributed by atoms with Gasteiger partial charge in [0.1, 0.15) is 24.3 Å². The van der Waals surface area contributed by atoms with Crippen molar-refractivity contribution in [1.82, 2.24) is 19.9 Å². The fourth-order valence-corrected chi connectivity index (χ4v) is 2.07. The number of anilines is 3. The summed E-state index contributed by atoms with van der Waals surface area (Å²) in [4.78, 5) is 18.4. The van der Waals surface area contributed by atoms with Crippen LogP contribution in [0.3, 0.4) is 0 Å². The first kappa shape index (κ1) is 12.7. The molecule has 0 fully saturated rings. The molecule has 5 nitrogen and oxygen atoms in total. The van der Waals surface area contributed by atoms with Gasteiger partial charge in [-0.25, -0.2) is 19.9 Å². The highest BCUT2D eigenvalue weighted by Crippen LogP contribution is 2.31. The highest BCUT2D eigenvalue weighted by Gasteiger charge is 2.14. The van der Waals surface area contributed by atoms with E-state index in [4.69, 9.17) is 0 Å². The largest absolute Gasteiger partial charge is 0.279 e. The van der Waals surface area contributed by atoms with Crippen LogP contribution in [0.15, 0.2) is 65.9 Å². The van der Waals surface area contributed by atoms with Crippen LogP contribution in [0, 0.1) is 0 Å². The van der Waals surface area contributed by atoms with Crippen LogP contribution in [-0.2, 0) is 0 Å². The molecule has 1 aromatic carbocycles. The van der Waals surface area contributed by atoms with Gasteiger partial charge in [-0.1, -0.05) is 15.9 Å². The summed E-state index contributed by atoms with van der Waals surface area (Å²) in [5, 5.41) is 0. The van der Waals surface area contributed by atoms with E-state index in [1.807, 2.05) is 41.3 Å². The first-order valence-electron chi connectivity index (χ1n) is 5.92. The van der Waals surface area contributed by atoms with Crippen molar-refractivity contribution < 1.29 is 0 Å². The van der Waals surface area contributed by atoms with Crippen LogP contribution in [0.5, 0.6) is 0 Å². The Morgan fingerprint density at radius 1 is 0.750 bits per heavy atom. The summed E-state index contributed by atoms with van der Waals surface area (Å²) < 4.78 is 1.02. The molecule has 0 unspecified atom stereocenters. The van der Waals surface area contributed by atoms with Gasteiger partial charge in [-0.15, -0.1) is 0 Å². The fourth-order valence-electron chi connectivity index (χ4n) is 1.80. The van der Waals surface area contributed by atoms with E-state index in [9.17, 15) is 0 Å². The molecule has 0 saturated heterocycles. The molecule has 0 saturated carbocycles. The molecule has 0 bridgehead atoms. The molecule has 3 aromatic rings. The average Bonchev–Trinajstić information content (AvgIpc) is 2.52. The summed E-state index contributed by atoms with van der Waals surface area (Å²) in [6.07, 6.45) is 6.44. The quantitative estimate of drug-likeness (QED) is 0.736. The number of benzene rings is 1. The Hall–Kier alpha value is -2.34. The standard InChI is InChI=1S/C14H10BrN5/c15-11-1-3-12(4-2-11)20(13-5-7-16-9-18-13)14-6-8-17-10-19-14/h1-10H. The van der Waals surface area contributed by atoms with Crippen molar-refractivity contribution in [3.63, 3.8) is 0 Å². The predicted molar refractivity (Wildman–Crippen MR) is 80.0 cm³/mol. The third kappa shape index (κ3) is 2.65. The molecule has 0 aliphatic carbocycles. The molecular formula is C14H10BrN5. The van der Waals surface area contributed by atoms with E-state index in [1.54, 1.807) is 12.4 Å². The third-order valence-electron chi connectivity index (χ3n) is 2.68. The Balaban J connectivity index is 2.11. The minimum atomic E-state index is 0.751. The highest BCUT2D eigenvalue weighted by molar-refractivity contribution is 9.10. The average molecular weight is 328 g/mol. The lowest BCUT2D eigenvalue weighted by Gasteiger charge is -2.22. The van der Waals surface area contributed by atoms with Crippen molar-refractivity contribution in [2.45, 2.75) is 0 Å². The smallest absolute Gasteiger partial charge is 0.142 e. The Morgan fingerprint density at radius 3 is 1.75 bits per heavy atom. The van der Waals surface area contributed by atoms with Gasteiger partial charge in [-0.3, -0.25) is 4.90 Å². The summed E-state index contributed by atoms with van der Waals surface area (Å²) in [5.41, 5.74) is 0.964. The van der Waals surface area contributed by atoms with Crippen molar-refractivity contribution in [3.05, 3.63) is 65.9 Å². The van der Waals surface area contributed by atoms with Gasteiger partial charge in [-0.05, 0) is 36.4 Å². The maximum atomic E-state index is 4.30. The van der Waals surface area contributed by atoms with Crippen LogP contribution in [0.25, 0.3) is 0 Å². The van der Waals surface area contributed by atoms with Gasteiger partial charge in [0.15, 0.2) is 0 Å². The molecule has 20 heavy (non-hydrogen) atoms. The minimum absolute atomic E-state index is 0.751. The summed E-state index contributed by atoms with van der Waals surface area (Å²) in [5.74, 6) is 1.50. The van der Waals surface area contributed by atoms with Crippen LogP contribution in [0.1, 0.15) is 0 Å². The molecule has 3 rings (SSSR count). The van der Waals surface area contributed by atoms with Crippen LogP contribution >= 0.6 is 15.9 Å². The molecule has 0 amide bonds. The van der Waals surface area contributed by atoms with Gasteiger partial charge in [0, 0.05) is 22.6 Å². The van der Waals surface area contributed by atoms with Crippen molar-refractivity contribution in [2.75, 3.05) is 4.90 Å². The number of hydrogen-bond donors (Lipinski definition) is 0. The lowest BCUT2D eigenvalue weighted by molar-refractivity contribution is 1.06. The first-order chi connectivity index (χ1) is 9.84. The van der Waals surface area contributed by atoms with E-state index >= 15 is 0 Å². The maximum absolute atomic E-state index is 4.30. The lowest BCUT2D eigenvalue weighted by atomic mass is 10.3. The predicted octanol–water partition coefficient (Wildman–Crippen LogP) is 3.50. The monoisotopic (exact) mass is 327 g/mol. The van der Waals surface area contributed by atoms with Crippen molar-refractivity contribution in [3.8, 4) is 0 Å². The van der Waals surface area contributed by atoms with E-state index in [0.717, 1.165) is 21.8 Å². The van der Waals surface area contributed by atoms with Crippen LogP contribution in [-0.4, -0.2) is 19.9 Å². The maximum Gasteiger partial charge on any atom is 0.142 e. The molecule has 2 heterocycles. The van der Waals surface area contributed by atoms with Gasteiger partial charge in [0.2, 0.25) is 0 Å². The van der Waals surface area contributed by atoms with Gasteiger partial charge in [0.25, 0.3) is 0 Å². The summed E-state index contributed by atoms with van der Waals surface area (Å²) in [6.45, 7) is 0. The lowest BCUT2D eigenvalue weighted by Crippen LogP contribution is -2.12. The van der Waals surface area contributed by atoms with E-state index in [1.165, 1.54) is 12.7 Å². The number of rotatable bonds is 3. The zero-order valence-electron chi connectivity index (χ0n) is 10.4. The molecule has 98 valence electrons. The van der Waals surface area contributed by atoms with Crippen LogP contribution in [0.4, 0.5) is 17.3 Å². The molecule has 0 N–H and O–H groups in total. The third-order valence-corrected chi connectivity index (χ3v) is 3.20. The fraction of sp³-hybridized carbons (Fsp3) is 0. The molecule has 0 spiro atoms. The Labute approximate surface area is 124 Å². The topological polar surface area (TPSA) is 54.8 Å². The van der Waals surface area contributed by atoms with E-state index in [-0.39, 0.29) is 0 Å². The summed E-state index contributed by atoms with van der Waals surface area (Å²) in [6, 6.07) is 11.6. The van der Waals surface area contributed by atoms with Crippen molar-refractivity contribution in [2.24, 2.45) is 0 Å². The second-order valence-corrected chi connectivity index (χ2v) is 4.86. The zero-order valence-corrected chi connectivity index (χ0v) is 12.0. The Bertz CT molecular complexity index is 633. The molecule has 2 aromatic heterocycles. The van der Waals surface area contributed by atoms with E-state index < -0.39 is 0 Å². The van der Waals surface area contributed by atoms with Gasteiger partial charge in [0.05, 0.1) is 0 Å². The van der Waals surface area contributed by atoms with Crippen molar-refractivity contribution in [1.29, 1.82) is 0 Å². The molecule has 0 aliphatic rings.